The molecule has 3 aromatic carbocycles. The molecule has 1 spiro atoms. The van der Waals surface area contributed by atoms with Gasteiger partial charge in [-0.3, -0.25) is 4.79 Å². The molecule has 0 aromatic heterocycles. The average molecular weight is 494 g/mol. The molecule has 0 fully saturated rings. The van der Waals surface area contributed by atoms with E-state index >= 15 is 0 Å². The van der Waals surface area contributed by atoms with E-state index in [1.54, 1.807) is 26.2 Å². The number of halogens is 1. The fourth-order valence-electron chi connectivity index (χ4n) is 4.72. The van der Waals surface area contributed by atoms with E-state index in [2.05, 4.69) is 24.3 Å². The van der Waals surface area contributed by atoms with E-state index in [9.17, 15) is 4.79 Å². The highest BCUT2D eigenvalue weighted by Gasteiger charge is 2.55. The molecule has 2 aliphatic heterocycles. The number of carbonyl (C=O) groups excluding carboxylic acids is 1. The predicted molar refractivity (Wildman–Crippen MR) is 139 cm³/mol. The van der Waals surface area contributed by atoms with Crippen molar-refractivity contribution in [3.63, 3.8) is 0 Å². The molecule has 1 amide bonds. The predicted octanol–water partition coefficient (Wildman–Crippen LogP) is 6.34. The van der Waals surface area contributed by atoms with Gasteiger partial charge in [0.2, 0.25) is 5.75 Å². The number of methoxy groups -OCH3 is 3. The molecule has 0 aliphatic carbocycles. The average Bonchev–Trinajstić information content (AvgIpc) is 3.42. The van der Waals surface area contributed by atoms with Gasteiger partial charge in [-0.2, -0.15) is 0 Å². The number of benzene rings is 3. The largest absolute Gasteiger partial charge is 0.493 e. The molecule has 5 nitrogen and oxygen atoms in total. The molecule has 2 heterocycles. The molecule has 0 radical (unpaired) electrons. The summed E-state index contributed by atoms with van der Waals surface area (Å²) in [6, 6.07) is 16.1. The smallest absolute Gasteiger partial charge is 0.252 e. The summed E-state index contributed by atoms with van der Waals surface area (Å²) in [5.74, 6) is 1.42. The van der Waals surface area contributed by atoms with Crippen LogP contribution in [0, 0.1) is 0 Å². The van der Waals surface area contributed by atoms with Crippen LogP contribution in [0.4, 0.5) is 5.69 Å². The number of thioether (sulfide) groups is 1. The Kier molecular flexibility index (Phi) is 5.74. The van der Waals surface area contributed by atoms with Crippen LogP contribution in [0.1, 0.15) is 18.1 Å². The lowest BCUT2D eigenvalue weighted by Crippen LogP contribution is -2.35. The first-order valence-electron chi connectivity index (χ1n) is 10.9. The topological polar surface area (TPSA) is 48.0 Å². The van der Waals surface area contributed by atoms with Gasteiger partial charge in [-0.1, -0.05) is 65.8 Å². The fraction of sp³-hybridized carbons (Fsp3) is 0.222. The first kappa shape index (κ1) is 22.7. The number of nitrogens with zero attached hydrogens (tertiary/aromatic N) is 1. The molecule has 34 heavy (non-hydrogen) atoms. The lowest BCUT2D eigenvalue weighted by molar-refractivity contribution is -0.119. The van der Waals surface area contributed by atoms with Crippen molar-refractivity contribution in [1.82, 2.24) is 0 Å². The number of anilines is 1. The Hall–Kier alpha value is -3.09. The number of rotatable bonds is 5. The number of amides is 1. The summed E-state index contributed by atoms with van der Waals surface area (Å²) in [6.45, 7) is 2.46. The number of hydrogen-bond donors (Lipinski definition) is 0. The molecule has 7 heteroatoms. The van der Waals surface area contributed by atoms with Gasteiger partial charge in [0.05, 0.1) is 37.6 Å². The number of allylic oxidation sites excluding steroid dienone is 1. The SMILES string of the molecule is CCN1C(=O)C2(C=C/C(=C(\Cl)c3ccc4ccccc4c3)S2)c2c1cc(OC)c(OC)c2OC. The van der Waals surface area contributed by atoms with Crippen molar-refractivity contribution < 1.29 is 19.0 Å². The lowest BCUT2D eigenvalue weighted by Gasteiger charge is -2.23. The van der Waals surface area contributed by atoms with Crippen molar-refractivity contribution in [3.8, 4) is 17.2 Å². The van der Waals surface area contributed by atoms with Crippen LogP contribution in [-0.2, 0) is 9.54 Å². The molecular weight excluding hydrogens is 470 g/mol. The van der Waals surface area contributed by atoms with Crippen LogP contribution in [-0.4, -0.2) is 33.8 Å². The van der Waals surface area contributed by atoms with Crippen LogP contribution >= 0.6 is 23.4 Å². The third kappa shape index (κ3) is 3.20. The second-order valence-electron chi connectivity index (χ2n) is 8.00. The van der Waals surface area contributed by atoms with Crippen molar-refractivity contribution in [2.75, 3.05) is 32.8 Å². The molecule has 1 unspecified atom stereocenters. The van der Waals surface area contributed by atoms with Gasteiger partial charge in [-0.25, -0.2) is 0 Å². The summed E-state index contributed by atoms with van der Waals surface area (Å²) < 4.78 is 16.0. The van der Waals surface area contributed by atoms with Gasteiger partial charge >= 0.3 is 0 Å². The Morgan fingerprint density at radius 1 is 1.00 bits per heavy atom. The number of hydrogen-bond acceptors (Lipinski definition) is 5. The molecule has 0 bridgehead atoms. The first-order chi connectivity index (χ1) is 16.5. The lowest BCUT2D eigenvalue weighted by atomic mass is 9.97. The van der Waals surface area contributed by atoms with Crippen LogP contribution in [0.5, 0.6) is 17.2 Å². The van der Waals surface area contributed by atoms with E-state index in [-0.39, 0.29) is 5.91 Å². The second-order valence-corrected chi connectivity index (χ2v) is 9.67. The van der Waals surface area contributed by atoms with Crippen molar-refractivity contribution in [2.45, 2.75) is 11.7 Å². The summed E-state index contributed by atoms with van der Waals surface area (Å²) in [5.41, 5.74) is 2.41. The van der Waals surface area contributed by atoms with Crippen molar-refractivity contribution in [1.29, 1.82) is 0 Å². The first-order valence-corrected chi connectivity index (χ1v) is 12.1. The molecule has 3 aromatic rings. The Morgan fingerprint density at radius 2 is 1.74 bits per heavy atom. The zero-order chi connectivity index (χ0) is 24.0. The minimum Gasteiger partial charge on any atom is -0.493 e. The van der Waals surface area contributed by atoms with E-state index in [4.69, 9.17) is 25.8 Å². The van der Waals surface area contributed by atoms with Gasteiger partial charge < -0.3 is 19.1 Å². The summed E-state index contributed by atoms with van der Waals surface area (Å²) in [7, 11) is 4.71. The Labute approximate surface area is 207 Å². The maximum absolute atomic E-state index is 13.8. The van der Waals surface area contributed by atoms with Gasteiger partial charge in [-0.05, 0) is 35.4 Å². The van der Waals surface area contributed by atoms with Crippen LogP contribution < -0.4 is 19.1 Å². The Balaban J connectivity index is 1.66. The molecule has 0 saturated heterocycles. The van der Waals surface area contributed by atoms with Crippen LogP contribution in [0.15, 0.2) is 65.6 Å². The van der Waals surface area contributed by atoms with Crippen molar-refractivity contribution in [2.24, 2.45) is 0 Å². The summed E-state index contributed by atoms with van der Waals surface area (Å²) >= 11 is 8.34. The fourth-order valence-corrected chi connectivity index (χ4v) is 6.34. The molecule has 174 valence electrons. The van der Waals surface area contributed by atoms with Gasteiger partial charge in [0.1, 0.15) is 4.75 Å². The highest BCUT2D eigenvalue weighted by molar-refractivity contribution is 8.05. The van der Waals surface area contributed by atoms with Gasteiger partial charge in [-0.15, -0.1) is 0 Å². The molecule has 1 atom stereocenters. The minimum atomic E-state index is -0.997. The van der Waals surface area contributed by atoms with E-state index in [0.29, 0.717) is 28.8 Å². The van der Waals surface area contributed by atoms with E-state index < -0.39 is 4.75 Å². The third-order valence-corrected chi connectivity index (χ3v) is 8.24. The maximum Gasteiger partial charge on any atom is 0.252 e. The van der Waals surface area contributed by atoms with Crippen LogP contribution in [0.2, 0.25) is 0 Å². The van der Waals surface area contributed by atoms with Gasteiger partial charge in [0.15, 0.2) is 11.5 Å². The number of fused-ring (bicyclic) bond motifs is 3. The highest BCUT2D eigenvalue weighted by atomic mass is 35.5. The summed E-state index contributed by atoms with van der Waals surface area (Å²) in [4.78, 5) is 16.4. The van der Waals surface area contributed by atoms with Gasteiger partial charge in [0.25, 0.3) is 5.91 Å². The monoisotopic (exact) mass is 493 g/mol. The van der Waals surface area contributed by atoms with Crippen LogP contribution in [0.3, 0.4) is 0 Å². The van der Waals surface area contributed by atoms with Crippen LogP contribution in [0.25, 0.3) is 15.8 Å². The molecule has 2 aliphatic rings. The van der Waals surface area contributed by atoms with Gasteiger partial charge in [0, 0.05) is 17.5 Å². The second kappa shape index (κ2) is 8.60. The number of likely N-dealkylation sites (N-methyl/N-ethyl adjacent to an activating group) is 1. The number of carbonyl (C=O) groups is 1. The standard InChI is InChI=1S/C27H24ClNO4S/c1-5-29-19-15-20(31-2)24(32-3)25(33-4)22(19)27(26(29)30)13-12-21(34-27)23(28)18-11-10-16-8-6-7-9-17(16)14-18/h6-15H,5H2,1-4H3/b23-21+. The minimum absolute atomic E-state index is 0.0437. The Morgan fingerprint density at radius 3 is 2.41 bits per heavy atom. The van der Waals surface area contributed by atoms with Crippen molar-refractivity contribution >= 4 is 50.8 Å². The molecule has 5 rings (SSSR count). The maximum atomic E-state index is 13.8. The third-order valence-electron chi connectivity index (χ3n) is 6.31. The van der Waals surface area contributed by atoms with E-state index in [1.165, 1.54) is 11.8 Å². The highest BCUT2D eigenvalue weighted by Crippen LogP contribution is 2.63. The number of ether oxygens (including phenoxy) is 3. The van der Waals surface area contributed by atoms with E-state index in [0.717, 1.165) is 32.5 Å². The molecular formula is C27H24ClNO4S. The normalized spacial score (nSPS) is 20.3. The summed E-state index contributed by atoms with van der Waals surface area (Å²) in [6.07, 6.45) is 3.85. The molecule has 0 saturated carbocycles. The van der Waals surface area contributed by atoms with E-state index in [1.807, 2.05) is 43.3 Å². The van der Waals surface area contributed by atoms with Crippen molar-refractivity contribution in [3.05, 3.63) is 76.7 Å². The molecule has 0 N–H and O–H groups in total. The zero-order valence-corrected chi connectivity index (χ0v) is 20.9. The zero-order valence-electron chi connectivity index (χ0n) is 19.3. The summed E-state index contributed by atoms with van der Waals surface area (Å²) in [5, 5.41) is 2.86. The quantitative estimate of drug-likeness (QED) is 0.415. The Bertz CT molecular complexity index is 1380.